The quantitative estimate of drug-likeness (QED) is 0.292. The maximum absolute atomic E-state index is 11.8. The monoisotopic (exact) mass is 268 g/mol. The largest absolute Gasteiger partial charge is 0.355 e. The maximum Gasteiger partial charge on any atom is 0.204 e. The zero-order chi connectivity index (χ0) is 13.4. The molecule has 0 aliphatic rings. The number of aryl methyl sites for hydroxylation is 1. The Morgan fingerprint density at radius 2 is 2.50 bits per heavy atom. The number of nitriles is 1. The number of guanidine groups is 1. The number of nitrogens with zero attached hydrogens (tertiary/aromatic N) is 3. The highest BCUT2D eigenvalue weighted by Gasteiger charge is 2.07. The molecule has 0 unspecified atom stereocenters. The molecule has 1 aromatic rings. The molecule has 1 rings (SSSR count). The maximum atomic E-state index is 11.8. The number of rotatable bonds is 5. The Morgan fingerprint density at radius 1 is 1.72 bits per heavy atom. The first-order valence-corrected chi connectivity index (χ1v) is 6.85. The fourth-order valence-corrected chi connectivity index (χ4v) is 2.34. The highest BCUT2D eigenvalue weighted by molar-refractivity contribution is 7.84. The molecule has 1 atom stereocenters. The molecule has 0 saturated carbocycles. The van der Waals surface area contributed by atoms with Gasteiger partial charge in [-0.05, 0) is 6.92 Å². The minimum Gasteiger partial charge on any atom is -0.355 e. The Labute approximate surface area is 108 Å². The number of nitrogens with one attached hydrogen (secondary N) is 3. The zero-order valence-corrected chi connectivity index (χ0v) is 11.2. The third-order valence-electron chi connectivity index (χ3n) is 2.25. The van der Waals surface area contributed by atoms with E-state index in [0.29, 0.717) is 24.0 Å². The van der Waals surface area contributed by atoms with E-state index >= 15 is 0 Å². The van der Waals surface area contributed by atoms with Gasteiger partial charge in [0, 0.05) is 35.8 Å². The van der Waals surface area contributed by atoms with Crippen LogP contribution >= 0.6 is 0 Å². The Hall–Kier alpha value is -1.88. The van der Waals surface area contributed by atoms with E-state index in [-0.39, 0.29) is 0 Å². The van der Waals surface area contributed by atoms with Gasteiger partial charge in [0.25, 0.3) is 0 Å². The van der Waals surface area contributed by atoms with Crippen molar-refractivity contribution in [3.63, 3.8) is 0 Å². The molecule has 0 radical (unpaired) electrons. The van der Waals surface area contributed by atoms with Gasteiger partial charge in [-0.1, -0.05) is 0 Å². The highest BCUT2D eigenvalue weighted by Crippen LogP contribution is 2.03. The molecule has 18 heavy (non-hydrogen) atoms. The van der Waals surface area contributed by atoms with Gasteiger partial charge in [0.1, 0.15) is 0 Å². The number of hydrogen-bond acceptors (Lipinski definition) is 4. The summed E-state index contributed by atoms with van der Waals surface area (Å²) in [5, 5.41) is 13.7. The molecule has 0 fully saturated rings. The van der Waals surface area contributed by atoms with E-state index in [1.54, 1.807) is 19.6 Å². The second kappa shape index (κ2) is 7.45. The molecule has 0 amide bonds. The van der Waals surface area contributed by atoms with Crippen LogP contribution in [-0.4, -0.2) is 39.5 Å². The Morgan fingerprint density at radius 3 is 3.06 bits per heavy atom. The van der Waals surface area contributed by atoms with Crippen LogP contribution in [0.4, 0.5) is 0 Å². The van der Waals surface area contributed by atoms with Crippen molar-refractivity contribution in [3.05, 3.63) is 17.7 Å². The van der Waals surface area contributed by atoms with Gasteiger partial charge in [0.15, 0.2) is 6.19 Å². The number of H-pyrrole nitrogens is 1. The lowest BCUT2D eigenvalue weighted by atomic mass is 10.4. The van der Waals surface area contributed by atoms with Gasteiger partial charge in [0.05, 0.1) is 17.8 Å². The first-order chi connectivity index (χ1) is 8.67. The number of aromatic nitrogens is 2. The van der Waals surface area contributed by atoms with Gasteiger partial charge in [-0.15, -0.1) is 0 Å². The molecular formula is C10H16N6OS. The number of aliphatic imine (C=N–C) groups is 1. The minimum absolute atomic E-state index is 0.380. The first-order valence-electron chi connectivity index (χ1n) is 5.37. The molecule has 0 saturated heterocycles. The summed E-state index contributed by atoms with van der Waals surface area (Å²) in [6.45, 7) is 2.38. The predicted octanol–water partition coefficient (Wildman–Crippen LogP) is -0.387. The molecule has 98 valence electrons. The van der Waals surface area contributed by atoms with Crippen molar-refractivity contribution in [2.45, 2.75) is 12.7 Å². The highest BCUT2D eigenvalue weighted by atomic mass is 32.2. The van der Waals surface area contributed by atoms with Crippen molar-refractivity contribution < 1.29 is 4.21 Å². The molecular weight excluding hydrogens is 252 g/mol. The van der Waals surface area contributed by atoms with E-state index in [1.165, 1.54) is 0 Å². The van der Waals surface area contributed by atoms with Crippen molar-refractivity contribution in [2.75, 3.05) is 19.3 Å². The van der Waals surface area contributed by atoms with Crippen molar-refractivity contribution in [1.82, 2.24) is 20.6 Å². The normalized spacial score (nSPS) is 12.8. The summed E-state index contributed by atoms with van der Waals surface area (Å²) in [5.41, 5.74) is 1.77. The summed E-state index contributed by atoms with van der Waals surface area (Å²) in [6.07, 6.45) is 3.36. The Balaban J connectivity index is 2.30. The number of hydrogen-bond donors (Lipinski definition) is 3. The van der Waals surface area contributed by atoms with Crippen LogP contribution in [0, 0.1) is 18.4 Å². The van der Waals surface area contributed by atoms with E-state index in [0.717, 1.165) is 11.4 Å². The standard InChI is InChI=1S/C10H16N6OS/c1-8-9(16-7-15-8)5-18(17)4-3-13-10(12-2)14-6-11/h7H,3-5H2,1-2H3,(H,15,16)(H2,12,13,14)/t18-/m1/s1. The average molecular weight is 268 g/mol. The van der Waals surface area contributed by atoms with Gasteiger partial charge >= 0.3 is 0 Å². The molecule has 1 heterocycles. The van der Waals surface area contributed by atoms with Crippen LogP contribution in [0.1, 0.15) is 11.4 Å². The summed E-state index contributed by atoms with van der Waals surface area (Å²) in [6, 6.07) is 0. The van der Waals surface area contributed by atoms with E-state index in [1.807, 2.05) is 6.92 Å². The molecule has 0 spiro atoms. The lowest BCUT2D eigenvalue weighted by Gasteiger charge is -2.06. The summed E-state index contributed by atoms with van der Waals surface area (Å²) in [5.74, 6) is 1.28. The van der Waals surface area contributed by atoms with E-state index in [9.17, 15) is 4.21 Å². The van der Waals surface area contributed by atoms with Gasteiger partial charge < -0.3 is 10.3 Å². The molecule has 3 N–H and O–H groups in total. The van der Waals surface area contributed by atoms with Crippen LogP contribution in [0.25, 0.3) is 0 Å². The van der Waals surface area contributed by atoms with Crippen LogP contribution in [0.2, 0.25) is 0 Å². The van der Waals surface area contributed by atoms with Gasteiger partial charge in [0.2, 0.25) is 5.96 Å². The van der Waals surface area contributed by atoms with Crippen LogP contribution in [0.15, 0.2) is 11.3 Å². The predicted molar refractivity (Wildman–Crippen MR) is 70.1 cm³/mol. The number of aromatic amines is 1. The lowest BCUT2D eigenvalue weighted by Crippen LogP contribution is -2.36. The van der Waals surface area contributed by atoms with Crippen LogP contribution < -0.4 is 10.6 Å². The van der Waals surface area contributed by atoms with E-state index in [2.05, 4.69) is 25.6 Å². The summed E-state index contributed by atoms with van der Waals surface area (Å²) >= 11 is 0. The number of imidazole rings is 1. The van der Waals surface area contributed by atoms with Crippen LogP contribution in [0.5, 0.6) is 0 Å². The smallest absolute Gasteiger partial charge is 0.204 e. The molecule has 0 bridgehead atoms. The average Bonchev–Trinajstić information content (AvgIpc) is 2.74. The van der Waals surface area contributed by atoms with E-state index in [4.69, 9.17) is 5.26 Å². The van der Waals surface area contributed by atoms with Gasteiger partial charge in [-0.3, -0.25) is 14.5 Å². The topological polar surface area (TPSA) is 106 Å². The zero-order valence-electron chi connectivity index (χ0n) is 10.4. The summed E-state index contributed by atoms with van der Waals surface area (Å²) in [7, 11) is 0.573. The molecule has 7 nitrogen and oxygen atoms in total. The fraction of sp³-hybridized carbons (Fsp3) is 0.500. The summed E-state index contributed by atoms with van der Waals surface area (Å²) < 4.78 is 11.8. The fourth-order valence-electron chi connectivity index (χ4n) is 1.27. The molecule has 0 aromatic carbocycles. The molecule has 1 aromatic heterocycles. The third kappa shape index (κ3) is 4.55. The molecule has 0 aliphatic heterocycles. The van der Waals surface area contributed by atoms with Gasteiger partial charge in [-0.25, -0.2) is 4.98 Å². The Bertz CT molecular complexity index is 475. The van der Waals surface area contributed by atoms with Crippen molar-refractivity contribution in [1.29, 1.82) is 5.26 Å². The van der Waals surface area contributed by atoms with Crippen molar-refractivity contribution in [3.8, 4) is 6.19 Å². The van der Waals surface area contributed by atoms with Crippen LogP contribution in [-0.2, 0) is 16.6 Å². The molecule has 0 aliphatic carbocycles. The Kier molecular flexibility index (Phi) is 5.87. The minimum atomic E-state index is -0.993. The van der Waals surface area contributed by atoms with Crippen molar-refractivity contribution in [2.24, 2.45) is 4.99 Å². The SMILES string of the molecule is CN=C(NC#N)NCC[S@@](=O)Cc1nc[nH]c1C. The van der Waals surface area contributed by atoms with Gasteiger partial charge in [-0.2, -0.15) is 5.26 Å². The molecule has 8 heteroatoms. The summed E-state index contributed by atoms with van der Waals surface area (Å²) in [4.78, 5) is 10.9. The van der Waals surface area contributed by atoms with Crippen LogP contribution in [0.3, 0.4) is 0 Å². The second-order valence-electron chi connectivity index (χ2n) is 3.50. The first kappa shape index (κ1) is 14.2. The lowest BCUT2D eigenvalue weighted by molar-refractivity contribution is 0.680. The third-order valence-corrected chi connectivity index (χ3v) is 3.51. The van der Waals surface area contributed by atoms with E-state index < -0.39 is 10.8 Å². The van der Waals surface area contributed by atoms with Crippen molar-refractivity contribution >= 4 is 16.8 Å². The second-order valence-corrected chi connectivity index (χ2v) is 5.07.